The van der Waals surface area contributed by atoms with Gasteiger partial charge in [0, 0.05) is 0 Å². The summed E-state index contributed by atoms with van der Waals surface area (Å²) >= 11 is 0. The van der Waals surface area contributed by atoms with Crippen LogP contribution in [0.2, 0.25) is 0 Å². The van der Waals surface area contributed by atoms with Gasteiger partial charge in [0.2, 0.25) is 0 Å². The first-order valence-electron chi connectivity index (χ1n) is 6.05. The van der Waals surface area contributed by atoms with Gasteiger partial charge in [0.1, 0.15) is 24.6 Å². The molecule has 1 aromatic rings. The van der Waals surface area contributed by atoms with E-state index >= 15 is 0 Å². The molecule has 0 saturated carbocycles. The van der Waals surface area contributed by atoms with Crippen molar-refractivity contribution in [1.82, 2.24) is 0 Å². The molecule has 1 fully saturated rings. The summed E-state index contributed by atoms with van der Waals surface area (Å²) in [5.74, 6) is 0.290. The van der Waals surface area contributed by atoms with Gasteiger partial charge >= 0.3 is 0 Å². The van der Waals surface area contributed by atoms with Crippen LogP contribution < -0.4 is 0 Å². The van der Waals surface area contributed by atoms with E-state index in [-0.39, 0.29) is 18.6 Å². The van der Waals surface area contributed by atoms with Crippen molar-refractivity contribution in [1.29, 1.82) is 5.26 Å². The molecular weight excluding hydrogens is 212 g/mol. The van der Waals surface area contributed by atoms with Gasteiger partial charge in [0.15, 0.2) is 6.04 Å². The fraction of sp³-hybridized carbons (Fsp3) is 0.500. The Balaban J connectivity index is 2.26. The van der Waals surface area contributed by atoms with Crippen LogP contribution in [-0.4, -0.2) is 41.9 Å². The lowest BCUT2D eigenvalue weighted by atomic mass is 9.74. The molecule has 0 amide bonds. The fourth-order valence-corrected chi connectivity index (χ4v) is 3.06. The molecule has 90 valence electrons. The third kappa shape index (κ3) is 1.74. The topological polar surface area (TPSA) is 44.0 Å². The Hall–Kier alpha value is -1.37. The van der Waals surface area contributed by atoms with Crippen molar-refractivity contribution in [2.24, 2.45) is 0 Å². The average molecular weight is 231 g/mol. The SMILES string of the molecule is C[C@H]1[C@H](c2ccccc2)[C@H](C#N)[N@+]1(C)CCO. The highest BCUT2D eigenvalue weighted by Crippen LogP contribution is 2.45. The monoisotopic (exact) mass is 231 g/mol. The number of likely N-dealkylation sites (N-methyl/N-ethyl adjacent to an activating group) is 1. The van der Waals surface area contributed by atoms with E-state index in [0.717, 1.165) is 0 Å². The Morgan fingerprint density at radius 1 is 1.35 bits per heavy atom. The number of rotatable bonds is 3. The molecule has 17 heavy (non-hydrogen) atoms. The normalized spacial score (nSPS) is 36.0. The van der Waals surface area contributed by atoms with Crippen LogP contribution in [0.4, 0.5) is 0 Å². The standard InChI is InChI=1S/C14H19N2O/c1-11-14(12-6-4-3-5-7-12)13(10-15)16(11,2)8-9-17/h3-7,11,13-14,17H,8-9H2,1-2H3/q+1/t11-,13-,14+,16+/m0/s1. The molecule has 2 rings (SSSR count). The van der Waals surface area contributed by atoms with E-state index < -0.39 is 0 Å². The van der Waals surface area contributed by atoms with Gasteiger partial charge in [-0.25, -0.2) is 0 Å². The van der Waals surface area contributed by atoms with E-state index in [4.69, 9.17) is 5.11 Å². The van der Waals surface area contributed by atoms with Crippen LogP contribution in [0.5, 0.6) is 0 Å². The molecule has 3 nitrogen and oxygen atoms in total. The van der Waals surface area contributed by atoms with Crippen molar-refractivity contribution in [3.05, 3.63) is 35.9 Å². The molecule has 1 heterocycles. The van der Waals surface area contributed by atoms with Crippen molar-refractivity contribution in [3.8, 4) is 6.07 Å². The molecule has 1 aliphatic heterocycles. The Morgan fingerprint density at radius 2 is 2.00 bits per heavy atom. The van der Waals surface area contributed by atoms with E-state index in [9.17, 15) is 5.26 Å². The number of aliphatic hydroxyl groups excluding tert-OH is 1. The molecule has 3 heteroatoms. The van der Waals surface area contributed by atoms with Crippen molar-refractivity contribution in [3.63, 3.8) is 0 Å². The second kappa shape index (κ2) is 4.48. The molecule has 1 N–H and O–H groups in total. The van der Waals surface area contributed by atoms with Crippen LogP contribution in [-0.2, 0) is 0 Å². The van der Waals surface area contributed by atoms with Crippen LogP contribution >= 0.6 is 0 Å². The summed E-state index contributed by atoms with van der Waals surface area (Å²) < 4.78 is 0.659. The second-order valence-electron chi connectivity index (χ2n) is 5.05. The Morgan fingerprint density at radius 3 is 2.53 bits per heavy atom. The summed E-state index contributed by atoms with van der Waals surface area (Å²) in [7, 11) is 2.06. The molecule has 0 radical (unpaired) electrons. The van der Waals surface area contributed by atoms with Gasteiger partial charge in [-0.1, -0.05) is 30.3 Å². The van der Waals surface area contributed by atoms with Gasteiger partial charge in [-0.3, -0.25) is 0 Å². The highest BCUT2D eigenvalue weighted by molar-refractivity contribution is 5.27. The number of aliphatic hydroxyl groups is 1. The number of hydrogen-bond acceptors (Lipinski definition) is 2. The summed E-state index contributed by atoms with van der Waals surface area (Å²) in [5.41, 5.74) is 1.24. The minimum absolute atomic E-state index is 0.0421. The summed E-state index contributed by atoms with van der Waals surface area (Å²) in [5, 5.41) is 18.5. The molecule has 4 atom stereocenters. The quantitative estimate of drug-likeness (QED) is 0.801. The largest absolute Gasteiger partial charge is 0.391 e. The molecule has 0 aliphatic carbocycles. The van der Waals surface area contributed by atoms with Gasteiger partial charge < -0.3 is 9.59 Å². The number of quaternary nitrogens is 1. The van der Waals surface area contributed by atoms with Gasteiger partial charge in [0.25, 0.3) is 0 Å². The molecule has 1 aromatic carbocycles. The van der Waals surface area contributed by atoms with Crippen LogP contribution in [0.25, 0.3) is 0 Å². The predicted octanol–water partition coefficient (Wildman–Crippen LogP) is 1.50. The lowest BCUT2D eigenvalue weighted by Crippen LogP contribution is -2.73. The smallest absolute Gasteiger partial charge is 0.189 e. The van der Waals surface area contributed by atoms with Crippen LogP contribution in [0.3, 0.4) is 0 Å². The molecule has 0 spiro atoms. The van der Waals surface area contributed by atoms with Crippen molar-refractivity contribution in [2.75, 3.05) is 20.2 Å². The number of likely N-dealkylation sites (tertiary alicyclic amines) is 1. The zero-order valence-corrected chi connectivity index (χ0v) is 10.4. The number of nitrogens with zero attached hydrogens (tertiary/aromatic N) is 2. The van der Waals surface area contributed by atoms with Gasteiger partial charge in [0.05, 0.1) is 13.7 Å². The zero-order valence-electron chi connectivity index (χ0n) is 10.4. The van der Waals surface area contributed by atoms with Crippen LogP contribution in [0.1, 0.15) is 18.4 Å². The maximum absolute atomic E-state index is 9.35. The Labute approximate surface area is 103 Å². The molecule has 0 aromatic heterocycles. The molecule has 0 unspecified atom stereocenters. The third-order valence-corrected chi connectivity index (χ3v) is 4.32. The zero-order chi connectivity index (χ0) is 12.5. The van der Waals surface area contributed by atoms with Gasteiger partial charge in [-0.2, -0.15) is 5.26 Å². The van der Waals surface area contributed by atoms with E-state index in [2.05, 4.69) is 32.2 Å². The molecule has 0 bridgehead atoms. The first kappa shape index (κ1) is 12.1. The van der Waals surface area contributed by atoms with E-state index in [1.165, 1.54) is 5.56 Å². The number of nitriles is 1. The molecule has 1 aliphatic rings. The predicted molar refractivity (Wildman–Crippen MR) is 66.2 cm³/mol. The lowest BCUT2D eigenvalue weighted by molar-refractivity contribution is -0.992. The average Bonchev–Trinajstić information content (AvgIpc) is 2.36. The van der Waals surface area contributed by atoms with Crippen molar-refractivity contribution in [2.45, 2.75) is 24.9 Å². The highest BCUT2D eigenvalue weighted by Gasteiger charge is 2.58. The minimum atomic E-state index is -0.0421. The maximum Gasteiger partial charge on any atom is 0.189 e. The first-order chi connectivity index (χ1) is 8.15. The highest BCUT2D eigenvalue weighted by atomic mass is 16.3. The van der Waals surface area contributed by atoms with Gasteiger partial charge in [-0.15, -0.1) is 0 Å². The Bertz CT molecular complexity index is 426. The summed E-state index contributed by atoms with van der Waals surface area (Å²) in [4.78, 5) is 0. The maximum atomic E-state index is 9.35. The summed E-state index contributed by atoms with van der Waals surface area (Å²) in [6, 6.07) is 13.0. The second-order valence-corrected chi connectivity index (χ2v) is 5.05. The summed E-state index contributed by atoms with van der Waals surface area (Å²) in [6.45, 7) is 2.96. The fourth-order valence-electron chi connectivity index (χ4n) is 3.06. The van der Waals surface area contributed by atoms with Crippen LogP contribution in [0, 0.1) is 11.3 Å². The summed E-state index contributed by atoms with van der Waals surface area (Å²) in [6.07, 6.45) is 0. The van der Waals surface area contributed by atoms with E-state index in [0.29, 0.717) is 17.1 Å². The Kier molecular flexibility index (Phi) is 3.19. The minimum Gasteiger partial charge on any atom is -0.391 e. The van der Waals surface area contributed by atoms with Gasteiger partial charge in [-0.05, 0) is 12.5 Å². The molecule has 1 saturated heterocycles. The lowest BCUT2D eigenvalue weighted by Gasteiger charge is -2.57. The van der Waals surface area contributed by atoms with E-state index in [1.54, 1.807) is 0 Å². The molecular formula is C14H19N2O+. The third-order valence-electron chi connectivity index (χ3n) is 4.32. The van der Waals surface area contributed by atoms with Crippen molar-refractivity contribution < 1.29 is 9.59 Å². The number of benzene rings is 1. The van der Waals surface area contributed by atoms with Crippen LogP contribution in [0.15, 0.2) is 30.3 Å². The van der Waals surface area contributed by atoms with Crippen molar-refractivity contribution >= 4 is 0 Å². The van der Waals surface area contributed by atoms with E-state index in [1.807, 2.05) is 18.2 Å². The number of hydrogen-bond donors (Lipinski definition) is 1. The first-order valence-corrected chi connectivity index (χ1v) is 6.05.